The van der Waals surface area contributed by atoms with Crippen molar-refractivity contribution in [3.05, 3.63) is 34.1 Å². The van der Waals surface area contributed by atoms with Crippen LogP contribution in [0.3, 0.4) is 0 Å². The fourth-order valence-corrected chi connectivity index (χ4v) is 2.96. The van der Waals surface area contributed by atoms with Gasteiger partial charge >= 0.3 is 5.97 Å². The molecule has 0 radical (unpaired) electrons. The fourth-order valence-electron chi connectivity index (χ4n) is 2.96. The number of Topliss-reactive ketones (excluding diaryl/α,β-unsaturated/α-hetero) is 1. The molecule has 0 saturated heterocycles. The number of benzene rings is 1. The van der Waals surface area contributed by atoms with Crippen molar-refractivity contribution in [2.24, 2.45) is 7.05 Å². The van der Waals surface area contributed by atoms with Gasteiger partial charge in [0.25, 0.3) is 5.56 Å². The molecule has 26 heavy (non-hydrogen) atoms. The maximum Gasteiger partial charge on any atom is 0.303 e. The predicted octanol–water partition coefficient (Wildman–Crippen LogP) is 2.01. The van der Waals surface area contributed by atoms with Gasteiger partial charge in [-0.25, -0.2) is 0 Å². The SMILES string of the molecule is COc1c(CC(=O)C(C)(C)OC(C)=O)c(=O)n(C)c2c(OC)cccc12. The Morgan fingerprint density at radius 3 is 2.35 bits per heavy atom. The summed E-state index contributed by atoms with van der Waals surface area (Å²) in [4.78, 5) is 36.8. The van der Waals surface area contributed by atoms with E-state index >= 15 is 0 Å². The molecule has 1 aromatic heterocycles. The summed E-state index contributed by atoms with van der Waals surface area (Å²) in [6.45, 7) is 4.23. The van der Waals surface area contributed by atoms with E-state index in [0.29, 0.717) is 22.4 Å². The first-order chi connectivity index (χ1) is 12.1. The number of rotatable bonds is 6. The van der Waals surface area contributed by atoms with E-state index in [-0.39, 0.29) is 17.5 Å². The highest BCUT2D eigenvalue weighted by Gasteiger charge is 2.33. The van der Waals surface area contributed by atoms with E-state index in [1.165, 1.54) is 39.6 Å². The van der Waals surface area contributed by atoms with Gasteiger partial charge in [0.05, 0.1) is 25.3 Å². The lowest BCUT2D eigenvalue weighted by molar-refractivity contribution is -0.161. The molecular formula is C19H23NO6. The maximum atomic E-state index is 12.9. The second kappa shape index (κ2) is 7.19. The molecule has 140 valence electrons. The van der Waals surface area contributed by atoms with Crippen LogP contribution in [0.4, 0.5) is 0 Å². The molecule has 7 nitrogen and oxygen atoms in total. The highest BCUT2D eigenvalue weighted by Crippen LogP contribution is 2.33. The molecule has 0 amide bonds. The topological polar surface area (TPSA) is 83.8 Å². The van der Waals surface area contributed by atoms with Crippen molar-refractivity contribution in [1.29, 1.82) is 0 Å². The minimum absolute atomic E-state index is 0.209. The van der Waals surface area contributed by atoms with E-state index in [9.17, 15) is 14.4 Å². The third-order valence-corrected chi connectivity index (χ3v) is 4.25. The van der Waals surface area contributed by atoms with Crippen LogP contribution >= 0.6 is 0 Å². The van der Waals surface area contributed by atoms with Crippen LogP contribution in [0.5, 0.6) is 11.5 Å². The van der Waals surface area contributed by atoms with Gasteiger partial charge in [-0.2, -0.15) is 0 Å². The number of hydrogen-bond donors (Lipinski definition) is 0. The van der Waals surface area contributed by atoms with Crippen LogP contribution < -0.4 is 15.0 Å². The Kier molecular flexibility index (Phi) is 5.39. The van der Waals surface area contributed by atoms with E-state index in [1.807, 2.05) is 0 Å². The summed E-state index contributed by atoms with van der Waals surface area (Å²) in [6.07, 6.45) is -0.219. The van der Waals surface area contributed by atoms with Crippen molar-refractivity contribution < 1.29 is 23.8 Å². The summed E-state index contributed by atoms with van der Waals surface area (Å²) in [5, 5.41) is 0.655. The van der Waals surface area contributed by atoms with Gasteiger partial charge in [-0.3, -0.25) is 14.4 Å². The van der Waals surface area contributed by atoms with E-state index < -0.39 is 17.4 Å². The molecule has 2 rings (SSSR count). The molecule has 1 heterocycles. The zero-order chi connectivity index (χ0) is 19.6. The molecule has 0 N–H and O–H groups in total. The van der Waals surface area contributed by atoms with Crippen molar-refractivity contribution in [3.63, 3.8) is 0 Å². The molecule has 0 spiro atoms. The largest absolute Gasteiger partial charge is 0.496 e. The second-order valence-corrected chi connectivity index (χ2v) is 6.44. The van der Waals surface area contributed by atoms with E-state index in [0.717, 1.165) is 0 Å². The molecule has 0 unspecified atom stereocenters. The molecule has 0 atom stereocenters. The Balaban J connectivity index is 2.65. The summed E-state index contributed by atoms with van der Waals surface area (Å²) in [6, 6.07) is 5.32. The van der Waals surface area contributed by atoms with Gasteiger partial charge in [0.2, 0.25) is 0 Å². The molecular weight excluding hydrogens is 338 g/mol. The first kappa shape index (κ1) is 19.5. The number of fused-ring (bicyclic) bond motifs is 1. The van der Waals surface area contributed by atoms with E-state index in [1.54, 1.807) is 25.2 Å². The number of pyridine rings is 1. The number of carbonyl (C=O) groups excluding carboxylic acids is 2. The quantitative estimate of drug-likeness (QED) is 0.732. The van der Waals surface area contributed by atoms with Gasteiger partial charge in [-0.15, -0.1) is 0 Å². The van der Waals surface area contributed by atoms with Gasteiger partial charge in [0.15, 0.2) is 11.4 Å². The van der Waals surface area contributed by atoms with Crippen molar-refractivity contribution in [2.45, 2.75) is 32.8 Å². The standard InChI is InChI=1S/C19H23NO6/c1-11(21)26-19(2,3)15(22)10-13-17(25-6)12-8-7-9-14(24-5)16(12)20(4)18(13)23/h7-9H,10H2,1-6H3. The van der Waals surface area contributed by atoms with Crippen molar-refractivity contribution in [3.8, 4) is 11.5 Å². The fraction of sp³-hybridized carbons (Fsp3) is 0.421. The second-order valence-electron chi connectivity index (χ2n) is 6.44. The predicted molar refractivity (Wildman–Crippen MR) is 96.8 cm³/mol. The van der Waals surface area contributed by atoms with Crippen LogP contribution in [0, 0.1) is 0 Å². The minimum atomic E-state index is -1.34. The van der Waals surface area contributed by atoms with Gasteiger partial charge in [0.1, 0.15) is 11.5 Å². The van der Waals surface area contributed by atoms with Crippen molar-refractivity contribution in [1.82, 2.24) is 4.57 Å². The monoisotopic (exact) mass is 361 g/mol. The summed E-state index contributed by atoms with van der Waals surface area (Å²) in [5.74, 6) is -0.121. The zero-order valence-corrected chi connectivity index (χ0v) is 15.8. The lowest BCUT2D eigenvalue weighted by atomic mass is 9.95. The Hall–Kier alpha value is -2.83. The van der Waals surface area contributed by atoms with Crippen LogP contribution in [0.25, 0.3) is 10.9 Å². The van der Waals surface area contributed by atoms with Gasteiger partial charge in [-0.05, 0) is 26.0 Å². The number of hydrogen-bond acceptors (Lipinski definition) is 6. The molecule has 7 heteroatoms. The molecule has 0 aliphatic carbocycles. The number of para-hydroxylation sites is 1. The third kappa shape index (κ3) is 3.42. The Morgan fingerprint density at radius 2 is 1.81 bits per heavy atom. The average Bonchev–Trinajstić information content (AvgIpc) is 2.57. The maximum absolute atomic E-state index is 12.9. The molecule has 0 bridgehead atoms. The molecule has 0 fully saturated rings. The minimum Gasteiger partial charge on any atom is -0.496 e. The third-order valence-electron chi connectivity index (χ3n) is 4.25. The lowest BCUT2D eigenvalue weighted by Crippen LogP contribution is -2.39. The molecule has 1 aromatic carbocycles. The van der Waals surface area contributed by atoms with Crippen LogP contribution in [0.1, 0.15) is 26.3 Å². The Morgan fingerprint density at radius 1 is 1.15 bits per heavy atom. The number of nitrogens with zero attached hydrogens (tertiary/aromatic N) is 1. The number of ether oxygens (including phenoxy) is 3. The summed E-state index contributed by atoms with van der Waals surface area (Å²) in [5.41, 5.74) is -0.926. The van der Waals surface area contributed by atoms with Crippen molar-refractivity contribution >= 4 is 22.7 Å². The Labute approximate surface area is 151 Å². The number of aryl methyl sites for hydroxylation is 1. The first-order valence-corrected chi connectivity index (χ1v) is 8.09. The molecule has 0 aliphatic rings. The average molecular weight is 361 g/mol. The molecule has 2 aromatic rings. The number of esters is 1. The van der Waals surface area contributed by atoms with E-state index in [2.05, 4.69) is 0 Å². The summed E-state index contributed by atoms with van der Waals surface area (Å²) < 4.78 is 17.3. The molecule has 0 saturated carbocycles. The van der Waals surface area contributed by atoms with E-state index in [4.69, 9.17) is 14.2 Å². The van der Waals surface area contributed by atoms with Gasteiger partial charge in [0, 0.05) is 25.8 Å². The van der Waals surface area contributed by atoms with Crippen LogP contribution in [0.2, 0.25) is 0 Å². The number of methoxy groups -OCH3 is 2. The van der Waals surface area contributed by atoms with Crippen LogP contribution in [0.15, 0.2) is 23.0 Å². The number of aromatic nitrogens is 1. The van der Waals surface area contributed by atoms with Gasteiger partial charge in [-0.1, -0.05) is 6.07 Å². The first-order valence-electron chi connectivity index (χ1n) is 8.09. The van der Waals surface area contributed by atoms with Gasteiger partial charge < -0.3 is 18.8 Å². The zero-order valence-electron chi connectivity index (χ0n) is 15.8. The Bertz CT molecular complexity index is 926. The summed E-state index contributed by atoms with van der Waals surface area (Å²) >= 11 is 0. The van der Waals surface area contributed by atoms with Crippen LogP contribution in [-0.4, -0.2) is 36.1 Å². The van der Waals surface area contributed by atoms with Crippen LogP contribution in [-0.2, 0) is 27.8 Å². The smallest absolute Gasteiger partial charge is 0.303 e. The molecule has 0 aliphatic heterocycles. The number of ketones is 1. The normalized spacial score (nSPS) is 11.3. The van der Waals surface area contributed by atoms with Crippen molar-refractivity contribution in [2.75, 3.05) is 14.2 Å². The highest BCUT2D eigenvalue weighted by molar-refractivity contribution is 5.95. The lowest BCUT2D eigenvalue weighted by Gasteiger charge is -2.23. The summed E-state index contributed by atoms with van der Waals surface area (Å²) in [7, 11) is 4.57. The number of carbonyl (C=O) groups is 2. The highest BCUT2D eigenvalue weighted by atomic mass is 16.6.